The maximum atomic E-state index is 5.07. The van der Waals surface area contributed by atoms with Crippen LogP contribution in [-0.4, -0.2) is 32.8 Å². The minimum atomic E-state index is 0.237. The third-order valence-electron chi connectivity index (χ3n) is 2.08. The highest BCUT2D eigenvalue weighted by molar-refractivity contribution is 9.10. The smallest absolute Gasteiger partial charge is 0.191 e. The topological polar surface area (TPSA) is 45.7 Å². The van der Waals surface area contributed by atoms with Crippen molar-refractivity contribution in [2.75, 3.05) is 20.8 Å². The lowest BCUT2D eigenvalue weighted by atomic mass is 10.4. The second-order valence-corrected chi connectivity index (χ2v) is 5.57. The molecule has 0 bridgehead atoms. The molecule has 0 radical (unpaired) electrons. The number of guanidine groups is 1. The summed E-state index contributed by atoms with van der Waals surface area (Å²) < 4.78 is 6.19. The number of nitrogens with zero attached hydrogens (tertiary/aromatic N) is 1. The number of nitrogens with one attached hydrogen (secondary N) is 2. The van der Waals surface area contributed by atoms with Gasteiger partial charge < -0.3 is 15.4 Å². The van der Waals surface area contributed by atoms with E-state index in [1.54, 1.807) is 25.5 Å². The first-order valence-electron chi connectivity index (χ1n) is 5.34. The Balaban J connectivity index is 2.37. The Morgan fingerprint density at radius 2 is 2.41 bits per heavy atom. The summed E-state index contributed by atoms with van der Waals surface area (Å²) in [5.41, 5.74) is 0. The summed E-state index contributed by atoms with van der Waals surface area (Å²) in [5, 5.41) is 8.58. The van der Waals surface area contributed by atoms with Crippen LogP contribution >= 0.6 is 27.3 Å². The van der Waals surface area contributed by atoms with Gasteiger partial charge in [-0.3, -0.25) is 4.99 Å². The first-order valence-corrected chi connectivity index (χ1v) is 7.02. The Morgan fingerprint density at radius 3 is 2.94 bits per heavy atom. The molecule has 96 valence electrons. The maximum Gasteiger partial charge on any atom is 0.191 e. The van der Waals surface area contributed by atoms with Crippen molar-refractivity contribution in [3.05, 3.63) is 20.8 Å². The van der Waals surface area contributed by atoms with Crippen molar-refractivity contribution in [1.82, 2.24) is 10.6 Å². The minimum absolute atomic E-state index is 0.237. The number of aliphatic imine (C=N–C) groups is 1. The number of halogens is 1. The van der Waals surface area contributed by atoms with Crippen LogP contribution < -0.4 is 10.6 Å². The molecule has 4 nitrogen and oxygen atoms in total. The Morgan fingerprint density at radius 1 is 1.65 bits per heavy atom. The molecule has 0 aliphatic rings. The van der Waals surface area contributed by atoms with Crippen molar-refractivity contribution in [3.63, 3.8) is 0 Å². The molecule has 0 saturated heterocycles. The molecule has 0 saturated carbocycles. The molecule has 1 atom stereocenters. The third-order valence-corrected chi connectivity index (χ3v) is 3.77. The fraction of sp³-hybridized carbons (Fsp3) is 0.545. The third kappa shape index (κ3) is 5.52. The molecule has 1 unspecified atom stereocenters. The molecule has 17 heavy (non-hydrogen) atoms. The van der Waals surface area contributed by atoms with E-state index in [1.807, 2.05) is 0 Å². The van der Waals surface area contributed by atoms with Crippen LogP contribution in [0, 0.1) is 0 Å². The van der Waals surface area contributed by atoms with Crippen molar-refractivity contribution >= 4 is 33.2 Å². The molecule has 1 rings (SSSR count). The van der Waals surface area contributed by atoms with Gasteiger partial charge in [-0.25, -0.2) is 0 Å². The van der Waals surface area contributed by atoms with Gasteiger partial charge >= 0.3 is 0 Å². The number of methoxy groups -OCH3 is 1. The van der Waals surface area contributed by atoms with Gasteiger partial charge in [-0.15, -0.1) is 11.3 Å². The number of hydrogen-bond donors (Lipinski definition) is 2. The highest BCUT2D eigenvalue weighted by atomic mass is 79.9. The SMILES string of the molecule is CN=C(NCc1cc(Br)cs1)NC(C)COC. The highest BCUT2D eigenvalue weighted by Crippen LogP contribution is 2.19. The van der Waals surface area contributed by atoms with Gasteiger partial charge in [0.1, 0.15) is 0 Å². The van der Waals surface area contributed by atoms with Crippen LogP contribution in [0.2, 0.25) is 0 Å². The lowest BCUT2D eigenvalue weighted by molar-refractivity contribution is 0.179. The van der Waals surface area contributed by atoms with E-state index in [0.29, 0.717) is 6.61 Å². The van der Waals surface area contributed by atoms with Gasteiger partial charge in [-0.1, -0.05) is 0 Å². The number of ether oxygens (including phenoxy) is 1. The van der Waals surface area contributed by atoms with Gasteiger partial charge in [-0.2, -0.15) is 0 Å². The molecular weight excluding hydrogens is 302 g/mol. The zero-order valence-corrected chi connectivity index (χ0v) is 12.7. The first kappa shape index (κ1) is 14.5. The van der Waals surface area contributed by atoms with E-state index < -0.39 is 0 Å². The zero-order valence-electron chi connectivity index (χ0n) is 10.3. The summed E-state index contributed by atoms with van der Waals surface area (Å²) in [6, 6.07) is 2.34. The summed E-state index contributed by atoms with van der Waals surface area (Å²) in [5.74, 6) is 0.791. The summed E-state index contributed by atoms with van der Waals surface area (Å²) in [7, 11) is 3.46. The average Bonchev–Trinajstić information content (AvgIpc) is 2.70. The largest absolute Gasteiger partial charge is 0.383 e. The molecule has 1 aromatic heterocycles. The number of hydrogen-bond acceptors (Lipinski definition) is 3. The van der Waals surface area contributed by atoms with Gasteiger partial charge in [0.25, 0.3) is 0 Å². The Hall–Kier alpha value is -0.590. The van der Waals surface area contributed by atoms with Crippen molar-refractivity contribution < 1.29 is 4.74 Å². The second-order valence-electron chi connectivity index (χ2n) is 3.66. The van der Waals surface area contributed by atoms with Crippen molar-refractivity contribution in [3.8, 4) is 0 Å². The zero-order chi connectivity index (χ0) is 12.7. The summed E-state index contributed by atoms with van der Waals surface area (Å²) in [6.45, 7) is 3.49. The van der Waals surface area contributed by atoms with Gasteiger partial charge in [-0.05, 0) is 28.9 Å². The summed E-state index contributed by atoms with van der Waals surface area (Å²) in [6.07, 6.45) is 0. The molecule has 0 aromatic carbocycles. The second kappa shape index (κ2) is 7.68. The van der Waals surface area contributed by atoms with Crippen LogP contribution in [0.1, 0.15) is 11.8 Å². The molecule has 1 heterocycles. The normalized spacial score (nSPS) is 13.5. The Kier molecular flexibility index (Phi) is 6.54. The first-order chi connectivity index (χ1) is 8.15. The lowest BCUT2D eigenvalue weighted by Gasteiger charge is -2.16. The standard InChI is InChI=1S/C11H18BrN3OS/c1-8(6-16-3)15-11(13-2)14-5-10-4-9(12)7-17-10/h4,7-8H,5-6H2,1-3H3,(H2,13,14,15). The van der Waals surface area contributed by atoms with E-state index in [2.05, 4.69) is 49.9 Å². The van der Waals surface area contributed by atoms with Gasteiger partial charge in [0.15, 0.2) is 5.96 Å². The fourth-order valence-corrected chi connectivity index (χ4v) is 2.73. The van der Waals surface area contributed by atoms with E-state index in [4.69, 9.17) is 4.74 Å². The van der Waals surface area contributed by atoms with Crippen LogP contribution in [-0.2, 0) is 11.3 Å². The minimum Gasteiger partial charge on any atom is -0.383 e. The molecule has 6 heteroatoms. The van der Waals surface area contributed by atoms with Gasteiger partial charge in [0.05, 0.1) is 13.2 Å². The number of rotatable bonds is 5. The Labute approximate surface area is 115 Å². The molecule has 0 fully saturated rings. The molecule has 0 aliphatic carbocycles. The highest BCUT2D eigenvalue weighted by Gasteiger charge is 2.05. The number of thiophene rings is 1. The molecule has 2 N–H and O–H groups in total. The quantitative estimate of drug-likeness (QED) is 0.646. The summed E-state index contributed by atoms with van der Waals surface area (Å²) in [4.78, 5) is 5.43. The predicted octanol–water partition coefficient (Wildman–Crippen LogP) is 2.21. The van der Waals surface area contributed by atoms with Gasteiger partial charge in [0, 0.05) is 34.9 Å². The molecule has 0 spiro atoms. The predicted molar refractivity (Wildman–Crippen MR) is 76.7 cm³/mol. The van der Waals surface area contributed by atoms with Crippen LogP contribution in [0.25, 0.3) is 0 Å². The molecule has 1 aromatic rings. The van der Waals surface area contributed by atoms with E-state index in [0.717, 1.165) is 17.0 Å². The van der Waals surface area contributed by atoms with Crippen LogP contribution in [0.5, 0.6) is 0 Å². The molecule has 0 aliphatic heterocycles. The molecular formula is C11H18BrN3OS. The van der Waals surface area contributed by atoms with Gasteiger partial charge in [0.2, 0.25) is 0 Å². The van der Waals surface area contributed by atoms with Crippen molar-refractivity contribution in [1.29, 1.82) is 0 Å². The van der Waals surface area contributed by atoms with Crippen molar-refractivity contribution in [2.24, 2.45) is 4.99 Å². The van der Waals surface area contributed by atoms with Crippen molar-refractivity contribution in [2.45, 2.75) is 19.5 Å². The van der Waals surface area contributed by atoms with Crippen LogP contribution in [0.3, 0.4) is 0 Å². The van der Waals surface area contributed by atoms with E-state index in [-0.39, 0.29) is 6.04 Å². The van der Waals surface area contributed by atoms with Crippen LogP contribution in [0.15, 0.2) is 20.9 Å². The average molecular weight is 320 g/mol. The maximum absolute atomic E-state index is 5.07. The van der Waals surface area contributed by atoms with Crippen LogP contribution in [0.4, 0.5) is 0 Å². The fourth-order valence-electron chi connectivity index (χ4n) is 1.34. The molecule has 0 amide bonds. The van der Waals surface area contributed by atoms with E-state index >= 15 is 0 Å². The summed E-state index contributed by atoms with van der Waals surface area (Å²) >= 11 is 5.15. The Bertz CT molecular complexity index is 367. The lowest BCUT2D eigenvalue weighted by Crippen LogP contribution is -2.43. The monoisotopic (exact) mass is 319 g/mol. The van der Waals surface area contributed by atoms with E-state index in [1.165, 1.54) is 4.88 Å². The van der Waals surface area contributed by atoms with E-state index in [9.17, 15) is 0 Å².